The lowest BCUT2D eigenvalue weighted by molar-refractivity contribution is 0.0597. The third-order valence-corrected chi connectivity index (χ3v) is 5.68. The Kier molecular flexibility index (Phi) is 6.11. The zero-order chi connectivity index (χ0) is 21.1. The molecule has 1 aliphatic heterocycles. The van der Waals surface area contributed by atoms with Gasteiger partial charge in [-0.3, -0.25) is 9.69 Å². The molecule has 3 aromatic rings. The summed E-state index contributed by atoms with van der Waals surface area (Å²) in [6.45, 7) is 2.44. The lowest BCUT2D eigenvalue weighted by atomic mass is 9.96. The van der Waals surface area contributed by atoms with Gasteiger partial charge in [-0.05, 0) is 59.7 Å². The van der Waals surface area contributed by atoms with E-state index >= 15 is 0 Å². The van der Waals surface area contributed by atoms with Crippen LogP contribution in [0.15, 0.2) is 72.8 Å². The number of halogens is 3. The van der Waals surface area contributed by atoms with E-state index in [1.54, 1.807) is 48.5 Å². The number of hydrogen-bond acceptors (Lipinski definition) is 2. The van der Waals surface area contributed by atoms with E-state index in [1.165, 1.54) is 24.3 Å². The van der Waals surface area contributed by atoms with Crippen molar-refractivity contribution in [2.45, 2.75) is 6.04 Å². The van der Waals surface area contributed by atoms with Crippen LogP contribution in [0.1, 0.15) is 27.5 Å². The normalized spacial score (nSPS) is 14.9. The van der Waals surface area contributed by atoms with Gasteiger partial charge in [0, 0.05) is 36.8 Å². The van der Waals surface area contributed by atoms with Gasteiger partial charge in [0.15, 0.2) is 0 Å². The number of hydrogen-bond donors (Lipinski definition) is 0. The number of benzene rings is 3. The summed E-state index contributed by atoms with van der Waals surface area (Å²) in [4.78, 5) is 16.9. The zero-order valence-electron chi connectivity index (χ0n) is 16.3. The van der Waals surface area contributed by atoms with Crippen LogP contribution in [0.2, 0.25) is 5.02 Å². The van der Waals surface area contributed by atoms with Gasteiger partial charge in [-0.15, -0.1) is 0 Å². The minimum Gasteiger partial charge on any atom is -0.336 e. The number of rotatable bonds is 4. The first kappa shape index (κ1) is 20.5. The molecule has 3 aromatic carbocycles. The van der Waals surface area contributed by atoms with Gasteiger partial charge in [0.25, 0.3) is 5.91 Å². The molecule has 0 spiro atoms. The molecule has 0 aliphatic carbocycles. The van der Waals surface area contributed by atoms with Gasteiger partial charge in [-0.25, -0.2) is 8.78 Å². The number of amides is 1. The van der Waals surface area contributed by atoms with Gasteiger partial charge in [-0.2, -0.15) is 0 Å². The third kappa shape index (κ3) is 4.53. The molecular formula is C24H21ClF2N2O. The van der Waals surface area contributed by atoms with E-state index in [0.717, 1.165) is 11.1 Å². The summed E-state index contributed by atoms with van der Waals surface area (Å²) in [5, 5.41) is 0.595. The zero-order valence-corrected chi connectivity index (χ0v) is 17.0. The van der Waals surface area contributed by atoms with Gasteiger partial charge >= 0.3 is 0 Å². The van der Waals surface area contributed by atoms with Crippen LogP contribution >= 0.6 is 11.6 Å². The fraction of sp³-hybridized carbons (Fsp3) is 0.208. The Morgan fingerprint density at radius 2 is 1.20 bits per heavy atom. The average molecular weight is 427 g/mol. The Hall–Kier alpha value is -2.76. The fourth-order valence-electron chi connectivity index (χ4n) is 3.86. The first-order chi connectivity index (χ1) is 14.5. The number of carbonyl (C=O) groups is 1. The van der Waals surface area contributed by atoms with Gasteiger partial charge in [-0.1, -0.05) is 35.9 Å². The SMILES string of the molecule is O=C(c1ccc(Cl)cc1)N1CCN(C(c2ccc(F)cc2)c2ccc(F)cc2)CC1. The van der Waals surface area contributed by atoms with Crippen molar-refractivity contribution in [2.75, 3.05) is 26.2 Å². The molecule has 30 heavy (non-hydrogen) atoms. The van der Waals surface area contributed by atoms with Crippen LogP contribution in [-0.2, 0) is 0 Å². The molecule has 154 valence electrons. The van der Waals surface area contributed by atoms with Gasteiger partial charge in [0.1, 0.15) is 11.6 Å². The second kappa shape index (κ2) is 8.94. The van der Waals surface area contributed by atoms with Gasteiger partial charge in [0.2, 0.25) is 0 Å². The molecule has 0 N–H and O–H groups in total. The molecule has 0 saturated carbocycles. The van der Waals surface area contributed by atoms with Crippen molar-refractivity contribution in [2.24, 2.45) is 0 Å². The topological polar surface area (TPSA) is 23.6 Å². The predicted octanol–water partition coefficient (Wildman–Crippen LogP) is 5.17. The Morgan fingerprint density at radius 3 is 1.67 bits per heavy atom. The molecular weight excluding hydrogens is 406 g/mol. The maximum atomic E-state index is 13.5. The largest absolute Gasteiger partial charge is 0.336 e. The van der Waals surface area contributed by atoms with E-state index in [1.807, 2.05) is 4.90 Å². The van der Waals surface area contributed by atoms with E-state index in [9.17, 15) is 13.6 Å². The van der Waals surface area contributed by atoms with Crippen LogP contribution in [0.3, 0.4) is 0 Å². The predicted molar refractivity (Wildman–Crippen MR) is 114 cm³/mol. The van der Waals surface area contributed by atoms with Gasteiger partial charge in [0.05, 0.1) is 6.04 Å². The Labute approximate surface area is 179 Å². The molecule has 0 radical (unpaired) electrons. The lowest BCUT2D eigenvalue weighted by Crippen LogP contribution is -2.49. The minimum atomic E-state index is -0.296. The molecule has 3 nitrogen and oxygen atoms in total. The monoisotopic (exact) mass is 426 g/mol. The van der Waals surface area contributed by atoms with Crippen LogP contribution in [0.5, 0.6) is 0 Å². The molecule has 1 saturated heterocycles. The quantitative estimate of drug-likeness (QED) is 0.575. The summed E-state index contributed by atoms with van der Waals surface area (Å²) in [6, 6.07) is 19.5. The first-order valence-corrected chi connectivity index (χ1v) is 10.2. The number of piperazine rings is 1. The highest BCUT2D eigenvalue weighted by Crippen LogP contribution is 2.30. The molecule has 6 heteroatoms. The summed E-state index contributed by atoms with van der Waals surface area (Å²) in [7, 11) is 0. The van der Waals surface area contributed by atoms with Crippen LogP contribution in [-0.4, -0.2) is 41.9 Å². The van der Waals surface area contributed by atoms with E-state index < -0.39 is 0 Å². The summed E-state index contributed by atoms with van der Waals surface area (Å²) in [6.07, 6.45) is 0. The fourth-order valence-corrected chi connectivity index (χ4v) is 3.99. The lowest BCUT2D eigenvalue weighted by Gasteiger charge is -2.39. The van der Waals surface area contributed by atoms with E-state index in [0.29, 0.717) is 36.8 Å². The molecule has 1 amide bonds. The molecule has 1 heterocycles. The summed E-state index contributed by atoms with van der Waals surface area (Å²) >= 11 is 5.91. The molecule has 4 rings (SSSR count). The summed E-state index contributed by atoms with van der Waals surface area (Å²) in [5.74, 6) is -0.614. The van der Waals surface area contributed by atoms with Crippen LogP contribution < -0.4 is 0 Å². The molecule has 1 aliphatic rings. The highest BCUT2D eigenvalue weighted by Gasteiger charge is 2.28. The van der Waals surface area contributed by atoms with E-state index in [2.05, 4.69) is 4.90 Å². The van der Waals surface area contributed by atoms with Crippen LogP contribution in [0.4, 0.5) is 8.78 Å². The second-order valence-corrected chi connectivity index (χ2v) is 7.78. The van der Waals surface area contributed by atoms with Crippen molar-refractivity contribution < 1.29 is 13.6 Å². The van der Waals surface area contributed by atoms with Crippen molar-refractivity contribution in [3.63, 3.8) is 0 Å². The molecule has 0 bridgehead atoms. The van der Waals surface area contributed by atoms with Crippen molar-refractivity contribution in [3.8, 4) is 0 Å². The maximum Gasteiger partial charge on any atom is 0.253 e. The molecule has 0 aromatic heterocycles. The smallest absolute Gasteiger partial charge is 0.253 e. The highest BCUT2D eigenvalue weighted by atomic mass is 35.5. The van der Waals surface area contributed by atoms with Crippen molar-refractivity contribution in [3.05, 3.63) is 106 Å². The third-order valence-electron chi connectivity index (χ3n) is 5.43. The highest BCUT2D eigenvalue weighted by molar-refractivity contribution is 6.30. The van der Waals surface area contributed by atoms with Crippen LogP contribution in [0.25, 0.3) is 0 Å². The second-order valence-electron chi connectivity index (χ2n) is 7.34. The van der Waals surface area contributed by atoms with Crippen molar-refractivity contribution in [1.29, 1.82) is 0 Å². The van der Waals surface area contributed by atoms with E-state index in [4.69, 9.17) is 11.6 Å². The standard InChI is InChI=1S/C24H21ClF2N2O/c25-20-7-1-19(2-8-20)24(30)29-15-13-28(14-16-29)23(17-3-9-21(26)10-4-17)18-5-11-22(27)12-6-18/h1-12,23H,13-16H2. The Balaban J connectivity index is 1.53. The molecule has 0 atom stereocenters. The minimum absolute atomic E-state index is 0.0218. The number of nitrogens with zero attached hydrogens (tertiary/aromatic N) is 2. The Morgan fingerprint density at radius 1 is 0.733 bits per heavy atom. The van der Waals surface area contributed by atoms with Crippen molar-refractivity contribution in [1.82, 2.24) is 9.80 Å². The Bertz CT molecular complexity index is 953. The number of carbonyl (C=O) groups excluding carboxylic acids is 1. The summed E-state index contributed by atoms with van der Waals surface area (Å²) in [5.41, 5.74) is 2.47. The summed E-state index contributed by atoms with van der Waals surface area (Å²) < 4.78 is 26.9. The molecule has 1 fully saturated rings. The van der Waals surface area contributed by atoms with Crippen molar-refractivity contribution >= 4 is 17.5 Å². The van der Waals surface area contributed by atoms with Gasteiger partial charge < -0.3 is 4.90 Å². The van der Waals surface area contributed by atoms with E-state index in [-0.39, 0.29) is 23.6 Å². The average Bonchev–Trinajstić information content (AvgIpc) is 2.77. The molecule has 0 unspecified atom stereocenters. The maximum absolute atomic E-state index is 13.5. The van der Waals surface area contributed by atoms with Crippen LogP contribution in [0, 0.1) is 11.6 Å². The first-order valence-electron chi connectivity index (χ1n) is 9.81.